The predicted molar refractivity (Wildman–Crippen MR) is 50.0 cm³/mol. The molecule has 0 aromatic carbocycles. The van der Waals surface area contributed by atoms with Crippen molar-refractivity contribution in [3.05, 3.63) is 0 Å². The van der Waals surface area contributed by atoms with E-state index in [-0.39, 0.29) is 0 Å². The number of alkyl halides is 1. The maximum atomic E-state index is 6.14. The molecule has 1 rings (SSSR count). The molecule has 0 N–H and O–H groups in total. The minimum atomic E-state index is 0.457. The van der Waals surface area contributed by atoms with Gasteiger partial charge >= 0.3 is 0 Å². The number of hydrogen-bond acceptors (Lipinski definition) is 1. The molecule has 0 amide bonds. The smallest absolute Gasteiger partial charge is 0.0454 e. The van der Waals surface area contributed by atoms with Crippen LogP contribution in [0.4, 0.5) is 0 Å². The first-order valence-electron chi connectivity index (χ1n) is 4.10. The van der Waals surface area contributed by atoms with Crippen LogP contribution in [-0.4, -0.2) is 16.4 Å². The molecule has 0 bridgehead atoms. The molecule has 0 spiro atoms. The highest BCUT2D eigenvalue weighted by atomic mass is 35.5. The average molecular weight is 179 g/mol. The Labute approximate surface area is 72.7 Å². The van der Waals surface area contributed by atoms with E-state index in [0.717, 1.165) is 5.25 Å². The lowest BCUT2D eigenvalue weighted by molar-refractivity contribution is 0.523. The van der Waals surface area contributed by atoms with E-state index < -0.39 is 0 Å². The van der Waals surface area contributed by atoms with E-state index in [1.165, 1.54) is 31.4 Å². The van der Waals surface area contributed by atoms with Crippen molar-refractivity contribution in [1.82, 2.24) is 0 Å². The normalized spacial score (nSPS) is 34.2. The van der Waals surface area contributed by atoms with Crippen molar-refractivity contribution in [3.8, 4) is 0 Å². The second-order valence-electron chi connectivity index (χ2n) is 2.79. The molecule has 10 heavy (non-hydrogen) atoms. The summed E-state index contributed by atoms with van der Waals surface area (Å²) in [6, 6.07) is 0. The third-order valence-corrected chi connectivity index (χ3v) is 4.00. The molecule has 2 heteroatoms. The van der Waals surface area contributed by atoms with Gasteiger partial charge in [0.05, 0.1) is 0 Å². The molecular formula is C8H15ClS. The summed E-state index contributed by atoms with van der Waals surface area (Å²) in [5, 5.41) is 1.21. The standard InChI is InChI=1S/C8H15ClS/c1-2-10-8-6-4-3-5-7(8)9/h7-8H,2-6H2,1H3/t7-,8-/m1/s1. The number of rotatable bonds is 2. The maximum Gasteiger partial charge on any atom is 0.0454 e. The molecule has 0 saturated heterocycles. The zero-order valence-electron chi connectivity index (χ0n) is 6.48. The molecule has 0 nitrogen and oxygen atoms in total. The van der Waals surface area contributed by atoms with Crippen molar-refractivity contribution in [2.24, 2.45) is 0 Å². The van der Waals surface area contributed by atoms with Gasteiger partial charge in [-0.25, -0.2) is 0 Å². The van der Waals surface area contributed by atoms with Crippen LogP contribution in [0.15, 0.2) is 0 Å². The van der Waals surface area contributed by atoms with Crippen molar-refractivity contribution in [2.45, 2.75) is 43.2 Å². The Bertz CT molecular complexity index is 93.3. The van der Waals surface area contributed by atoms with Gasteiger partial charge in [0.15, 0.2) is 0 Å². The van der Waals surface area contributed by atoms with Gasteiger partial charge < -0.3 is 0 Å². The van der Waals surface area contributed by atoms with Gasteiger partial charge in [-0.1, -0.05) is 19.8 Å². The fourth-order valence-corrected chi connectivity index (χ4v) is 3.06. The molecule has 1 aliphatic carbocycles. The van der Waals surface area contributed by atoms with E-state index in [9.17, 15) is 0 Å². The van der Waals surface area contributed by atoms with Crippen LogP contribution < -0.4 is 0 Å². The Balaban J connectivity index is 2.25. The lowest BCUT2D eigenvalue weighted by Gasteiger charge is -2.25. The monoisotopic (exact) mass is 178 g/mol. The second-order valence-corrected chi connectivity index (χ2v) is 4.87. The molecule has 0 radical (unpaired) electrons. The number of halogens is 1. The topological polar surface area (TPSA) is 0 Å². The third-order valence-electron chi connectivity index (χ3n) is 2.00. The van der Waals surface area contributed by atoms with Crippen LogP contribution >= 0.6 is 23.4 Å². The first kappa shape index (κ1) is 8.73. The molecule has 0 aromatic rings. The predicted octanol–water partition coefficient (Wildman–Crippen LogP) is 3.29. The third kappa shape index (κ3) is 2.35. The molecule has 0 unspecified atom stereocenters. The summed E-state index contributed by atoms with van der Waals surface area (Å²) in [5.41, 5.74) is 0. The van der Waals surface area contributed by atoms with Crippen LogP contribution in [0.3, 0.4) is 0 Å². The van der Waals surface area contributed by atoms with Gasteiger partial charge in [-0.3, -0.25) is 0 Å². The lowest BCUT2D eigenvalue weighted by atomic mass is 10.00. The minimum absolute atomic E-state index is 0.457. The van der Waals surface area contributed by atoms with E-state index in [0.29, 0.717) is 5.38 Å². The van der Waals surface area contributed by atoms with Gasteiger partial charge in [-0.2, -0.15) is 11.8 Å². The summed E-state index contributed by atoms with van der Waals surface area (Å²) in [6.45, 7) is 2.21. The summed E-state index contributed by atoms with van der Waals surface area (Å²) >= 11 is 8.17. The molecule has 1 saturated carbocycles. The van der Waals surface area contributed by atoms with Crippen molar-refractivity contribution in [1.29, 1.82) is 0 Å². The van der Waals surface area contributed by atoms with E-state index in [1.807, 2.05) is 11.8 Å². The highest BCUT2D eigenvalue weighted by Crippen LogP contribution is 2.31. The van der Waals surface area contributed by atoms with E-state index in [1.54, 1.807) is 0 Å². The van der Waals surface area contributed by atoms with Gasteiger partial charge in [0, 0.05) is 10.6 Å². The van der Waals surface area contributed by atoms with Crippen molar-refractivity contribution >= 4 is 23.4 Å². The largest absolute Gasteiger partial charge is 0.157 e. The summed E-state index contributed by atoms with van der Waals surface area (Å²) < 4.78 is 0. The van der Waals surface area contributed by atoms with Crippen LogP contribution in [0.5, 0.6) is 0 Å². The molecule has 0 aromatic heterocycles. The Hall–Kier alpha value is 0.640. The highest BCUT2D eigenvalue weighted by molar-refractivity contribution is 7.99. The van der Waals surface area contributed by atoms with Gasteiger partial charge in [0.2, 0.25) is 0 Å². The van der Waals surface area contributed by atoms with Crippen LogP contribution in [0.1, 0.15) is 32.6 Å². The Morgan fingerprint density at radius 2 is 2.10 bits per heavy atom. The first-order chi connectivity index (χ1) is 4.84. The summed E-state index contributed by atoms with van der Waals surface area (Å²) in [6.07, 6.45) is 5.31. The summed E-state index contributed by atoms with van der Waals surface area (Å²) in [7, 11) is 0. The Morgan fingerprint density at radius 1 is 1.40 bits per heavy atom. The molecule has 2 atom stereocenters. The van der Waals surface area contributed by atoms with Crippen molar-refractivity contribution in [3.63, 3.8) is 0 Å². The zero-order valence-corrected chi connectivity index (χ0v) is 8.05. The second kappa shape index (κ2) is 4.50. The van der Waals surface area contributed by atoms with Crippen LogP contribution in [-0.2, 0) is 0 Å². The fourth-order valence-electron chi connectivity index (χ4n) is 1.45. The SMILES string of the molecule is CCS[C@@H]1CCCC[C@H]1Cl. The lowest BCUT2D eigenvalue weighted by Crippen LogP contribution is -2.22. The van der Waals surface area contributed by atoms with E-state index >= 15 is 0 Å². The van der Waals surface area contributed by atoms with Gasteiger partial charge in [0.25, 0.3) is 0 Å². The maximum absolute atomic E-state index is 6.14. The van der Waals surface area contributed by atoms with E-state index in [2.05, 4.69) is 6.92 Å². The molecule has 1 fully saturated rings. The number of hydrogen-bond donors (Lipinski definition) is 0. The Kier molecular flexibility index (Phi) is 3.93. The van der Waals surface area contributed by atoms with E-state index in [4.69, 9.17) is 11.6 Å². The Morgan fingerprint density at radius 3 is 2.70 bits per heavy atom. The highest BCUT2D eigenvalue weighted by Gasteiger charge is 2.22. The van der Waals surface area contributed by atoms with Gasteiger partial charge in [0.1, 0.15) is 0 Å². The van der Waals surface area contributed by atoms with Crippen LogP contribution in [0.2, 0.25) is 0 Å². The summed E-state index contributed by atoms with van der Waals surface area (Å²) in [5.74, 6) is 1.22. The molecule has 0 heterocycles. The van der Waals surface area contributed by atoms with Gasteiger partial charge in [-0.15, -0.1) is 11.6 Å². The van der Waals surface area contributed by atoms with Crippen LogP contribution in [0, 0.1) is 0 Å². The quantitative estimate of drug-likeness (QED) is 0.585. The fraction of sp³-hybridized carbons (Fsp3) is 1.00. The number of thioether (sulfide) groups is 1. The average Bonchev–Trinajstić information content (AvgIpc) is 1.94. The van der Waals surface area contributed by atoms with Crippen molar-refractivity contribution < 1.29 is 0 Å². The van der Waals surface area contributed by atoms with Crippen molar-refractivity contribution in [2.75, 3.05) is 5.75 Å². The van der Waals surface area contributed by atoms with Crippen LogP contribution in [0.25, 0.3) is 0 Å². The zero-order chi connectivity index (χ0) is 7.40. The molecule has 60 valence electrons. The molecule has 0 aliphatic heterocycles. The summed E-state index contributed by atoms with van der Waals surface area (Å²) in [4.78, 5) is 0. The molecular weight excluding hydrogens is 164 g/mol. The first-order valence-corrected chi connectivity index (χ1v) is 5.58. The minimum Gasteiger partial charge on any atom is -0.157 e. The molecule has 1 aliphatic rings. The van der Waals surface area contributed by atoms with Gasteiger partial charge in [-0.05, 0) is 18.6 Å².